The lowest BCUT2D eigenvalue weighted by atomic mass is 10.1. The number of benzene rings is 1. The summed E-state index contributed by atoms with van der Waals surface area (Å²) in [5.74, 6) is 1.59. The molecule has 1 aliphatic heterocycles. The van der Waals surface area contributed by atoms with E-state index < -0.39 is 0 Å². The molecule has 2 amide bonds. The van der Waals surface area contributed by atoms with Gasteiger partial charge in [-0.2, -0.15) is 0 Å². The van der Waals surface area contributed by atoms with E-state index >= 15 is 0 Å². The Bertz CT molecular complexity index is 767. The molecule has 2 heterocycles. The highest BCUT2D eigenvalue weighted by Gasteiger charge is 2.26. The number of amides is 2. The molecule has 0 aliphatic carbocycles. The number of H-pyrrole nitrogens is 1. The number of aromatic nitrogens is 2. The average Bonchev–Trinajstić information content (AvgIpc) is 3.21. The Morgan fingerprint density at radius 2 is 2.19 bits per heavy atom. The minimum Gasteiger partial charge on any atom is -0.342 e. The molecule has 1 aromatic carbocycles. The van der Waals surface area contributed by atoms with Crippen LogP contribution in [0.1, 0.15) is 29.8 Å². The smallest absolute Gasteiger partial charge is 0.317 e. The number of carbonyl (C=O) groups excluding carboxylic acids is 1. The van der Waals surface area contributed by atoms with Crippen LogP contribution in [0.25, 0.3) is 11.0 Å². The van der Waals surface area contributed by atoms with Crippen LogP contribution < -0.4 is 5.32 Å². The van der Waals surface area contributed by atoms with Gasteiger partial charge in [-0.3, -0.25) is 0 Å². The van der Waals surface area contributed by atoms with E-state index in [1.165, 1.54) is 11.1 Å². The maximum atomic E-state index is 12.3. The molecule has 0 radical (unpaired) electrons. The topological polar surface area (TPSA) is 64.3 Å². The Kier molecular flexibility index (Phi) is 5.81. The first-order valence-electron chi connectivity index (χ1n) is 9.56. The van der Waals surface area contributed by atoms with E-state index in [0.29, 0.717) is 12.5 Å². The number of rotatable bonds is 6. The van der Waals surface area contributed by atoms with Crippen LogP contribution in [0.5, 0.6) is 0 Å². The lowest BCUT2D eigenvalue weighted by Crippen LogP contribution is -2.39. The minimum absolute atomic E-state index is 0.0716. The predicted octanol–water partition coefficient (Wildman–Crippen LogP) is 2.71. The molecule has 6 nitrogen and oxygen atoms in total. The number of urea groups is 1. The summed E-state index contributed by atoms with van der Waals surface area (Å²) >= 11 is 0. The van der Waals surface area contributed by atoms with Gasteiger partial charge in [0.05, 0.1) is 11.0 Å². The van der Waals surface area contributed by atoms with Crippen LogP contribution in [0.2, 0.25) is 0 Å². The number of likely N-dealkylation sites (tertiary alicyclic amines) is 1. The zero-order valence-corrected chi connectivity index (χ0v) is 16.4. The Labute approximate surface area is 156 Å². The summed E-state index contributed by atoms with van der Waals surface area (Å²) in [5, 5.41) is 3.05. The number of nitrogens with zero attached hydrogens (tertiary/aromatic N) is 3. The molecule has 0 spiro atoms. The fourth-order valence-corrected chi connectivity index (χ4v) is 3.73. The minimum atomic E-state index is 0.0716. The lowest BCUT2D eigenvalue weighted by Gasteiger charge is -2.19. The largest absolute Gasteiger partial charge is 0.342 e. The summed E-state index contributed by atoms with van der Waals surface area (Å²) in [6.45, 7) is 7.69. The van der Waals surface area contributed by atoms with Crippen LogP contribution in [0, 0.1) is 19.8 Å². The third kappa shape index (κ3) is 4.36. The van der Waals surface area contributed by atoms with Crippen molar-refractivity contribution in [3.05, 3.63) is 29.1 Å². The van der Waals surface area contributed by atoms with Crippen molar-refractivity contribution in [3.8, 4) is 0 Å². The molecule has 0 unspecified atom stereocenters. The second kappa shape index (κ2) is 8.08. The highest BCUT2D eigenvalue weighted by molar-refractivity contribution is 5.79. The van der Waals surface area contributed by atoms with Crippen LogP contribution in [0.15, 0.2) is 12.1 Å². The fourth-order valence-electron chi connectivity index (χ4n) is 3.73. The number of aromatic amines is 1. The molecule has 142 valence electrons. The van der Waals surface area contributed by atoms with Gasteiger partial charge in [-0.1, -0.05) is 6.07 Å². The summed E-state index contributed by atoms with van der Waals surface area (Å²) in [7, 11) is 4.17. The number of aryl methyl sites for hydroxylation is 3. The maximum Gasteiger partial charge on any atom is 0.317 e. The van der Waals surface area contributed by atoms with Gasteiger partial charge in [0.2, 0.25) is 0 Å². The molecule has 0 bridgehead atoms. The van der Waals surface area contributed by atoms with Crippen molar-refractivity contribution >= 4 is 17.1 Å². The number of carbonyl (C=O) groups is 1. The molecule has 0 saturated carbocycles. The Balaban J connectivity index is 1.43. The molecule has 1 atom stereocenters. The van der Waals surface area contributed by atoms with Gasteiger partial charge < -0.3 is 20.1 Å². The van der Waals surface area contributed by atoms with E-state index in [0.717, 1.165) is 55.8 Å². The SMILES string of the molecule is Cc1ccc2[nH]c(CCCNC(=O)N3CC[C@@H](CN(C)C)C3)nc2c1C. The normalized spacial score (nSPS) is 17.4. The zero-order valence-electron chi connectivity index (χ0n) is 16.4. The number of hydrogen-bond acceptors (Lipinski definition) is 3. The summed E-state index contributed by atoms with van der Waals surface area (Å²) in [5.41, 5.74) is 4.66. The van der Waals surface area contributed by atoms with Crippen LogP contribution in [0.3, 0.4) is 0 Å². The Morgan fingerprint density at radius 1 is 1.38 bits per heavy atom. The molecule has 1 fully saturated rings. The monoisotopic (exact) mass is 357 g/mol. The Morgan fingerprint density at radius 3 is 2.96 bits per heavy atom. The average molecular weight is 358 g/mol. The molecule has 1 saturated heterocycles. The number of imidazole rings is 1. The van der Waals surface area contributed by atoms with E-state index in [-0.39, 0.29) is 6.03 Å². The van der Waals surface area contributed by atoms with Gasteiger partial charge in [0.15, 0.2) is 0 Å². The number of nitrogens with one attached hydrogen (secondary N) is 2. The standard InChI is InChI=1S/C20H31N5O/c1-14-7-8-17-19(15(14)2)23-18(22-17)6-5-10-21-20(26)25-11-9-16(13-25)12-24(3)4/h7-8,16H,5-6,9-13H2,1-4H3,(H,21,26)(H,22,23)/t16-/m0/s1. The first-order valence-corrected chi connectivity index (χ1v) is 9.56. The maximum absolute atomic E-state index is 12.3. The van der Waals surface area contributed by atoms with Crippen LogP contribution in [0.4, 0.5) is 4.79 Å². The summed E-state index contributed by atoms with van der Waals surface area (Å²) in [6, 6.07) is 4.29. The summed E-state index contributed by atoms with van der Waals surface area (Å²) in [6.07, 6.45) is 2.83. The molecular formula is C20H31N5O. The molecule has 1 aliphatic rings. The molecular weight excluding hydrogens is 326 g/mol. The quantitative estimate of drug-likeness (QED) is 0.781. The van der Waals surface area contributed by atoms with E-state index in [2.05, 4.69) is 55.3 Å². The van der Waals surface area contributed by atoms with Crippen molar-refractivity contribution in [3.63, 3.8) is 0 Å². The van der Waals surface area contributed by atoms with Crippen LogP contribution in [-0.2, 0) is 6.42 Å². The van der Waals surface area contributed by atoms with Crippen molar-refractivity contribution in [2.24, 2.45) is 5.92 Å². The first kappa shape index (κ1) is 18.7. The van der Waals surface area contributed by atoms with Crippen molar-refractivity contribution in [1.82, 2.24) is 25.1 Å². The molecule has 1 aromatic heterocycles. The molecule has 26 heavy (non-hydrogen) atoms. The molecule has 2 aromatic rings. The summed E-state index contributed by atoms with van der Waals surface area (Å²) in [4.78, 5) is 24.5. The lowest BCUT2D eigenvalue weighted by molar-refractivity contribution is 0.205. The van der Waals surface area contributed by atoms with Gasteiger partial charge in [0.25, 0.3) is 0 Å². The predicted molar refractivity (Wildman–Crippen MR) is 106 cm³/mol. The number of fused-ring (bicyclic) bond motifs is 1. The summed E-state index contributed by atoms with van der Waals surface area (Å²) < 4.78 is 0. The van der Waals surface area contributed by atoms with E-state index in [4.69, 9.17) is 4.98 Å². The molecule has 6 heteroatoms. The second-order valence-corrected chi connectivity index (χ2v) is 7.79. The highest BCUT2D eigenvalue weighted by Crippen LogP contribution is 2.20. The van der Waals surface area contributed by atoms with Gasteiger partial charge in [-0.15, -0.1) is 0 Å². The fraction of sp³-hybridized carbons (Fsp3) is 0.600. The van der Waals surface area contributed by atoms with Crippen molar-refractivity contribution < 1.29 is 4.79 Å². The Hall–Kier alpha value is -2.08. The van der Waals surface area contributed by atoms with Gasteiger partial charge >= 0.3 is 6.03 Å². The van der Waals surface area contributed by atoms with E-state index in [9.17, 15) is 4.79 Å². The van der Waals surface area contributed by atoms with Crippen molar-refractivity contribution in [1.29, 1.82) is 0 Å². The third-order valence-corrected chi connectivity index (χ3v) is 5.29. The molecule has 2 N–H and O–H groups in total. The third-order valence-electron chi connectivity index (χ3n) is 5.29. The van der Waals surface area contributed by atoms with Crippen molar-refractivity contribution in [2.75, 3.05) is 40.3 Å². The van der Waals surface area contributed by atoms with Crippen LogP contribution in [-0.4, -0.2) is 66.1 Å². The second-order valence-electron chi connectivity index (χ2n) is 7.79. The highest BCUT2D eigenvalue weighted by atomic mass is 16.2. The van der Waals surface area contributed by atoms with Gasteiger partial charge in [0, 0.05) is 32.6 Å². The van der Waals surface area contributed by atoms with Crippen molar-refractivity contribution in [2.45, 2.75) is 33.1 Å². The molecule has 3 rings (SSSR count). The number of hydrogen-bond donors (Lipinski definition) is 2. The van der Waals surface area contributed by atoms with Gasteiger partial charge in [-0.25, -0.2) is 9.78 Å². The van der Waals surface area contributed by atoms with E-state index in [1.54, 1.807) is 0 Å². The van der Waals surface area contributed by atoms with Gasteiger partial charge in [0.1, 0.15) is 5.82 Å². The first-order chi connectivity index (χ1) is 12.4. The van der Waals surface area contributed by atoms with E-state index in [1.807, 2.05) is 4.90 Å². The van der Waals surface area contributed by atoms with Gasteiger partial charge in [-0.05, 0) is 63.9 Å². The van der Waals surface area contributed by atoms with Crippen LogP contribution >= 0.6 is 0 Å². The zero-order chi connectivity index (χ0) is 18.7.